The van der Waals surface area contributed by atoms with Gasteiger partial charge in [0.1, 0.15) is 5.69 Å². The SMILES string of the molecule is Cn1cc(C(O)C(N)=O)nn1. The molecule has 0 saturated carbocycles. The van der Waals surface area contributed by atoms with Crippen molar-refractivity contribution in [3.8, 4) is 0 Å². The van der Waals surface area contributed by atoms with E-state index in [0.717, 1.165) is 0 Å². The maximum atomic E-state index is 10.4. The molecule has 1 rings (SSSR count). The number of hydrogen-bond donors (Lipinski definition) is 2. The molecular formula is C5H8N4O2. The monoisotopic (exact) mass is 156 g/mol. The lowest BCUT2D eigenvalue weighted by Gasteiger charge is -1.98. The predicted molar refractivity (Wildman–Crippen MR) is 35.2 cm³/mol. The van der Waals surface area contributed by atoms with Crippen molar-refractivity contribution in [2.45, 2.75) is 6.10 Å². The van der Waals surface area contributed by atoms with Crippen LogP contribution in [0.2, 0.25) is 0 Å². The van der Waals surface area contributed by atoms with Crippen molar-refractivity contribution in [2.24, 2.45) is 12.8 Å². The summed E-state index contributed by atoms with van der Waals surface area (Å²) >= 11 is 0. The van der Waals surface area contributed by atoms with Gasteiger partial charge < -0.3 is 10.8 Å². The summed E-state index contributed by atoms with van der Waals surface area (Å²) in [6.07, 6.45) is 0.0683. The molecule has 6 nitrogen and oxygen atoms in total. The van der Waals surface area contributed by atoms with Crippen LogP contribution in [-0.2, 0) is 11.8 Å². The first-order valence-corrected chi connectivity index (χ1v) is 2.95. The van der Waals surface area contributed by atoms with Gasteiger partial charge in [0.25, 0.3) is 5.91 Å². The van der Waals surface area contributed by atoms with Crippen LogP contribution < -0.4 is 5.73 Å². The van der Waals surface area contributed by atoms with Gasteiger partial charge in [0, 0.05) is 7.05 Å². The Bertz CT molecular complexity index is 269. The third kappa shape index (κ3) is 1.53. The average Bonchev–Trinajstić information content (AvgIpc) is 2.34. The topological polar surface area (TPSA) is 94.0 Å². The minimum absolute atomic E-state index is 0.167. The Morgan fingerprint density at radius 3 is 2.91 bits per heavy atom. The molecule has 0 aliphatic heterocycles. The molecule has 11 heavy (non-hydrogen) atoms. The predicted octanol–water partition coefficient (Wildman–Crippen LogP) is -1.67. The molecule has 0 aliphatic carbocycles. The number of nitrogens with zero attached hydrogens (tertiary/aromatic N) is 3. The first-order valence-electron chi connectivity index (χ1n) is 2.95. The number of aliphatic hydroxyl groups is 1. The number of aromatic nitrogens is 3. The molecule has 0 bridgehead atoms. The van der Waals surface area contributed by atoms with E-state index < -0.39 is 12.0 Å². The van der Waals surface area contributed by atoms with Crippen molar-refractivity contribution in [1.82, 2.24) is 15.0 Å². The van der Waals surface area contributed by atoms with E-state index in [2.05, 4.69) is 10.3 Å². The van der Waals surface area contributed by atoms with E-state index in [1.165, 1.54) is 10.9 Å². The Morgan fingerprint density at radius 2 is 2.55 bits per heavy atom. The average molecular weight is 156 g/mol. The van der Waals surface area contributed by atoms with Gasteiger partial charge in [-0.25, -0.2) is 0 Å². The molecule has 0 aliphatic rings. The highest BCUT2D eigenvalue weighted by molar-refractivity contribution is 5.79. The first kappa shape index (κ1) is 7.67. The molecule has 0 radical (unpaired) electrons. The van der Waals surface area contributed by atoms with Crippen LogP contribution in [-0.4, -0.2) is 26.0 Å². The summed E-state index contributed by atoms with van der Waals surface area (Å²) in [4.78, 5) is 10.4. The van der Waals surface area contributed by atoms with E-state index in [9.17, 15) is 4.79 Å². The fraction of sp³-hybridized carbons (Fsp3) is 0.400. The summed E-state index contributed by atoms with van der Waals surface area (Å²) in [6, 6.07) is 0. The van der Waals surface area contributed by atoms with Crippen molar-refractivity contribution in [3.63, 3.8) is 0 Å². The third-order valence-electron chi connectivity index (χ3n) is 1.17. The highest BCUT2D eigenvalue weighted by Gasteiger charge is 2.16. The fourth-order valence-corrected chi connectivity index (χ4v) is 0.636. The van der Waals surface area contributed by atoms with Crippen molar-refractivity contribution < 1.29 is 9.90 Å². The first-order chi connectivity index (χ1) is 5.11. The normalized spacial score (nSPS) is 12.9. The molecule has 0 fully saturated rings. The molecule has 60 valence electrons. The molecule has 1 amide bonds. The highest BCUT2D eigenvalue weighted by atomic mass is 16.3. The van der Waals surface area contributed by atoms with E-state index in [1.807, 2.05) is 0 Å². The molecule has 1 aromatic rings. The zero-order chi connectivity index (χ0) is 8.43. The number of primary amides is 1. The van der Waals surface area contributed by atoms with Gasteiger partial charge in [-0.05, 0) is 0 Å². The second kappa shape index (κ2) is 2.67. The van der Waals surface area contributed by atoms with Crippen molar-refractivity contribution >= 4 is 5.91 Å². The molecule has 0 saturated heterocycles. The molecule has 1 atom stereocenters. The number of nitrogens with two attached hydrogens (primary N) is 1. The van der Waals surface area contributed by atoms with Crippen molar-refractivity contribution in [3.05, 3.63) is 11.9 Å². The molecular weight excluding hydrogens is 148 g/mol. The van der Waals surface area contributed by atoms with E-state index in [0.29, 0.717) is 0 Å². The van der Waals surface area contributed by atoms with E-state index in [1.54, 1.807) is 7.05 Å². The second-order valence-electron chi connectivity index (χ2n) is 2.12. The number of carbonyl (C=O) groups excluding carboxylic acids is 1. The minimum atomic E-state index is -1.36. The molecule has 0 aromatic carbocycles. The quantitative estimate of drug-likeness (QED) is 0.535. The summed E-state index contributed by atoms with van der Waals surface area (Å²) < 4.78 is 1.38. The van der Waals surface area contributed by atoms with E-state index in [4.69, 9.17) is 10.8 Å². The number of amides is 1. The van der Waals surface area contributed by atoms with Crippen molar-refractivity contribution in [1.29, 1.82) is 0 Å². The zero-order valence-corrected chi connectivity index (χ0v) is 5.93. The number of aryl methyl sites for hydroxylation is 1. The largest absolute Gasteiger partial charge is 0.377 e. The summed E-state index contributed by atoms with van der Waals surface area (Å²) in [7, 11) is 1.63. The highest BCUT2D eigenvalue weighted by Crippen LogP contribution is 2.05. The fourth-order valence-electron chi connectivity index (χ4n) is 0.636. The Morgan fingerprint density at radius 1 is 1.91 bits per heavy atom. The molecule has 3 N–H and O–H groups in total. The van der Waals surface area contributed by atoms with Gasteiger partial charge in [0.2, 0.25) is 0 Å². The second-order valence-corrected chi connectivity index (χ2v) is 2.12. The molecule has 1 aromatic heterocycles. The number of carbonyl (C=O) groups is 1. The summed E-state index contributed by atoms with van der Waals surface area (Å²) in [5.41, 5.74) is 4.98. The van der Waals surface area contributed by atoms with Gasteiger partial charge >= 0.3 is 0 Å². The van der Waals surface area contributed by atoms with Crippen LogP contribution >= 0.6 is 0 Å². The van der Waals surface area contributed by atoms with Crippen LogP contribution in [0.25, 0.3) is 0 Å². The summed E-state index contributed by atoms with van der Waals surface area (Å²) in [6.45, 7) is 0. The number of hydrogen-bond acceptors (Lipinski definition) is 4. The molecule has 1 unspecified atom stereocenters. The standard InChI is InChI=1S/C5H8N4O2/c1-9-2-3(7-8-9)4(10)5(6)11/h2,4,10H,1H3,(H2,6,11). The molecule has 0 spiro atoms. The lowest BCUT2D eigenvalue weighted by molar-refractivity contribution is -0.126. The third-order valence-corrected chi connectivity index (χ3v) is 1.17. The van der Waals surface area contributed by atoms with Gasteiger partial charge in [-0.15, -0.1) is 5.10 Å². The number of aliphatic hydroxyl groups excluding tert-OH is 1. The Balaban J connectivity index is 2.84. The molecule has 1 heterocycles. The van der Waals surface area contributed by atoms with E-state index in [-0.39, 0.29) is 5.69 Å². The van der Waals surface area contributed by atoms with Gasteiger partial charge in [-0.3, -0.25) is 9.48 Å². The van der Waals surface area contributed by atoms with Crippen LogP contribution in [0.15, 0.2) is 6.20 Å². The lowest BCUT2D eigenvalue weighted by Crippen LogP contribution is -2.21. The maximum Gasteiger partial charge on any atom is 0.252 e. The zero-order valence-electron chi connectivity index (χ0n) is 5.93. The molecule has 6 heteroatoms. The Labute approximate surface area is 62.6 Å². The Kier molecular flexibility index (Phi) is 1.86. The van der Waals surface area contributed by atoms with E-state index >= 15 is 0 Å². The summed E-state index contributed by atoms with van der Waals surface area (Å²) in [5.74, 6) is -0.828. The van der Waals surface area contributed by atoms with Gasteiger partial charge in [0.05, 0.1) is 6.20 Å². The van der Waals surface area contributed by atoms with Crippen LogP contribution in [0.4, 0.5) is 0 Å². The Hall–Kier alpha value is -1.43. The van der Waals surface area contributed by atoms with Gasteiger partial charge in [0.15, 0.2) is 6.10 Å². The van der Waals surface area contributed by atoms with Crippen LogP contribution in [0.3, 0.4) is 0 Å². The van der Waals surface area contributed by atoms with Gasteiger partial charge in [-0.2, -0.15) is 0 Å². The number of rotatable bonds is 2. The lowest BCUT2D eigenvalue weighted by atomic mass is 10.3. The minimum Gasteiger partial charge on any atom is -0.377 e. The van der Waals surface area contributed by atoms with Crippen LogP contribution in [0, 0.1) is 0 Å². The van der Waals surface area contributed by atoms with Crippen molar-refractivity contribution in [2.75, 3.05) is 0 Å². The van der Waals surface area contributed by atoms with Gasteiger partial charge in [-0.1, -0.05) is 5.21 Å². The maximum absolute atomic E-state index is 10.4. The smallest absolute Gasteiger partial charge is 0.252 e. The summed E-state index contributed by atoms with van der Waals surface area (Å²) in [5, 5.41) is 16.0. The van der Waals surface area contributed by atoms with Crippen LogP contribution in [0.1, 0.15) is 11.8 Å². The van der Waals surface area contributed by atoms with Crippen LogP contribution in [0.5, 0.6) is 0 Å².